The maximum Gasteiger partial charge on any atom is 0.410 e. The predicted octanol–water partition coefficient (Wildman–Crippen LogP) is 7.90. The minimum atomic E-state index is -0.710. The Hall–Kier alpha value is -5.04. The maximum absolute atomic E-state index is 15.1. The van der Waals surface area contributed by atoms with E-state index < -0.39 is 11.0 Å². The lowest BCUT2D eigenvalue weighted by molar-refractivity contribution is -0.137. The van der Waals surface area contributed by atoms with Gasteiger partial charge in [-0.25, -0.2) is 19.2 Å². The first-order valence-corrected chi connectivity index (χ1v) is 22.2. The van der Waals surface area contributed by atoms with Crippen LogP contribution in [-0.4, -0.2) is 104 Å². The number of imidazole rings is 1. The number of nitrogens with zero attached hydrogens (tertiary/aromatic N) is 7. The Morgan fingerprint density at radius 2 is 1.63 bits per heavy atom. The number of nitrogens with one attached hydrogen (secondary N) is 1. The molecule has 0 bridgehead atoms. The number of hydrogen-bond donors (Lipinski definition) is 1. The molecule has 2 saturated carbocycles. The number of ether oxygens (including phenoxy) is 1. The molecule has 60 heavy (non-hydrogen) atoms. The lowest BCUT2D eigenvalue weighted by Gasteiger charge is -2.48. The highest BCUT2D eigenvalue weighted by Crippen LogP contribution is 2.55. The second-order valence-corrected chi connectivity index (χ2v) is 19.5. The van der Waals surface area contributed by atoms with Crippen LogP contribution in [-0.2, 0) is 19.7 Å². The highest BCUT2D eigenvalue weighted by molar-refractivity contribution is 6.09. The summed E-state index contributed by atoms with van der Waals surface area (Å²) in [7, 11) is 0. The van der Waals surface area contributed by atoms with Gasteiger partial charge in [-0.1, -0.05) is 30.7 Å². The number of anilines is 3. The normalized spacial score (nSPS) is 26.1. The Morgan fingerprint density at radius 1 is 0.917 bits per heavy atom. The molecule has 0 radical (unpaired) electrons. The lowest BCUT2D eigenvalue weighted by Crippen LogP contribution is -2.58. The Kier molecular flexibility index (Phi) is 9.49. The lowest BCUT2D eigenvalue weighted by atomic mass is 9.73. The zero-order chi connectivity index (χ0) is 41.7. The van der Waals surface area contributed by atoms with E-state index in [1.54, 1.807) is 29.4 Å². The Labute approximate surface area is 351 Å². The predicted molar refractivity (Wildman–Crippen MR) is 229 cm³/mol. The Morgan fingerprint density at radius 3 is 2.32 bits per heavy atom. The summed E-state index contributed by atoms with van der Waals surface area (Å²) in [6, 6.07) is 15.6. The molecule has 5 fully saturated rings. The van der Waals surface area contributed by atoms with Crippen LogP contribution in [0.15, 0.2) is 54.9 Å². The van der Waals surface area contributed by atoms with E-state index in [1.165, 1.54) is 25.3 Å². The summed E-state index contributed by atoms with van der Waals surface area (Å²) in [6.45, 7) is 14.2. The Balaban J connectivity index is 0.933. The number of likely N-dealkylation sites (tertiary alicyclic amines) is 3. The molecule has 12 nitrogen and oxygen atoms in total. The van der Waals surface area contributed by atoms with Gasteiger partial charge in [-0.3, -0.25) is 9.59 Å². The molecule has 4 aromatic rings. The van der Waals surface area contributed by atoms with Gasteiger partial charge >= 0.3 is 6.09 Å². The highest BCUT2D eigenvalue weighted by Gasteiger charge is 2.62. The molecule has 13 heteroatoms. The molecule has 4 aliphatic heterocycles. The van der Waals surface area contributed by atoms with Gasteiger partial charge in [0, 0.05) is 61.5 Å². The fraction of sp³-hybridized carbons (Fsp3) is 0.553. The fourth-order valence-corrected chi connectivity index (χ4v) is 11.0. The molecule has 2 aromatic carbocycles. The van der Waals surface area contributed by atoms with Crippen molar-refractivity contribution < 1.29 is 23.5 Å². The van der Waals surface area contributed by atoms with Crippen LogP contribution in [0.1, 0.15) is 91.2 Å². The van der Waals surface area contributed by atoms with E-state index in [9.17, 15) is 9.59 Å². The molecule has 1 spiro atoms. The van der Waals surface area contributed by atoms with Crippen molar-refractivity contribution in [3.05, 3.63) is 66.2 Å². The van der Waals surface area contributed by atoms with Gasteiger partial charge in [0.25, 0.3) is 0 Å². The maximum atomic E-state index is 15.1. The summed E-state index contributed by atoms with van der Waals surface area (Å²) in [6.07, 6.45) is 8.31. The van der Waals surface area contributed by atoms with E-state index in [-0.39, 0.29) is 53.6 Å². The number of amides is 3. The van der Waals surface area contributed by atoms with Crippen LogP contribution in [0.4, 0.5) is 26.4 Å². The van der Waals surface area contributed by atoms with E-state index in [2.05, 4.69) is 47.2 Å². The summed E-state index contributed by atoms with van der Waals surface area (Å²) in [5.41, 5.74) is 4.13. The van der Waals surface area contributed by atoms with Gasteiger partial charge in [-0.2, -0.15) is 0 Å². The minimum absolute atomic E-state index is 0.0698. The second kappa shape index (κ2) is 14.6. The van der Waals surface area contributed by atoms with E-state index in [4.69, 9.17) is 14.7 Å². The number of fused-ring (bicyclic) bond motifs is 4. The molecule has 1 N–H and O–H groups in total. The van der Waals surface area contributed by atoms with Crippen LogP contribution in [0.3, 0.4) is 0 Å². The topological polar surface area (TPSA) is 116 Å². The van der Waals surface area contributed by atoms with E-state index in [0.717, 1.165) is 53.8 Å². The summed E-state index contributed by atoms with van der Waals surface area (Å²) in [5.74, 6) is 0.730. The molecule has 10 rings (SSSR count). The third-order valence-corrected chi connectivity index (χ3v) is 14.4. The Bertz CT molecular complexity index is 2340. The number of rotatable bonds is 7. The number of pyridine rings is 1. The van der Waals surface area contributed by atoms with Gasteiger partial charge < -0.3 is 34.2 Å². The van der Waals surface area contributed by atoms with Crippen molar-refractivity contribution in [1.82, 2.24) is 29.2 Å². The number of aromatic nitrogens is 3. The van der Waals surface area contributed by atoms with Gasteiger partial charge in [-0.15, -0.1) is 0 Å². The highest BCUT2D eigenvalue weighted by atomic mass is 19.1. The van der Waals surface area contributed by atoms with Gasteiger partial charge in [-0.05, 0) is 128 Å². The number of carbonyl (C=O) groups is 3. The van der Waals surface area contributed by atoms with Gasteiger partial charge in [0.15, 0.2) is 5.82 Å². The number of carbonyl (C=O) groups excluding carboxylic acids is 3. The molecule has 3 amide bonds. The number of hydrogen-bond acceptors (Lipinski definition) is 8. The van der Waals surface area contributed by atoms with Gasteiger partial charge in [0.2, 0.25) is 11.8 Å². The van der Waals surface area contributed by atoms with Crippen LogP contribution < -0.4 is 10.2 Å². The second-order valence-electron chi connectivity index (χ2n) is 19.5. The van der Waals surface area contributed by atoms with Gasteiger partial charge in [0.05, 0.1) is 28.6 Å². The molecular weight excluding hydrogens is 760 g/mol. The quantitative estimate of drug-likeness (QED) is 0.200. The summed E-state index contributed by atoms with van der Waals surface area (Å²) < 4.78 is 22.6. The summed E-state index contributed by atoms with van der Waals surface area (Å²) >= 11 is 0. The van der Waals surface area contributed by atoms with Crippen LogP contribution in [0, 0.1) is 23.6 Å². The molecule has 316 valence electrons. The van der Waals surface area contributed by atoms with Crippen molar-refractivity contribution in [1.29, 1.82) is 0 Å². The van der Waals surface area contributed by atoms with Gasteiger partial charge in [0.1, 0.15) is 16.9 Å². The van der Waals surface area contributed by atoms with Crippen LogP contribution >= 0.6 is 0 Å². The third kappa shape index (κ3) is 6.62. The molecule has 2 aliphatic carbocycles. The molecule has 2 unspecified atom stereocenters. The van der Waals surface area contributed by atoms with Crippen molar-refractivity contribution in [2.24, 2.45) is 17.8 Å². The van der Waals surface area contributed by atoms with Crippen molar-refractivity contribution in [2.75, 3.05) is 49.5 Å². The zero-order valence-electron chi connectivity index (χ0n) is 35.5. The molecule has 6 aliphatic rings. The SMILES string of the molecule is CC(C)n1cnc2cc(-c3ccc4c(c3)N([C@H]3C[C@@H](N5CCCCC5)C3)C(=O)C43CCN(C(=O)C4C5CN(C(=O)OC(C)(C)C)CC54)CC3)nc(Nc3ccccc3F)c21. The summed E-state index contributed by atoms with van der Waals surface area (Å²) in [4.78, 5) is 60.1. The molecule has 2 aromatic heterocycles. The average molecular weight is 817 g/mol. The molecule has 2 atom stereocenters. The number of para-hydroxylation sites is 1. The van der Waals surface area contributed by atoms with Crippen LogP contribution in [0.25, 0.3) is 22.3 Å². The monoisotopic (exact) mass is 816 g/mol. The molecular formula is C47H57FN8O4. The minimum Gasteiger partial charge on any atom is -0.444 e. The van der Waals surface area contributed by atoms with Crippen LogP contribution in [0.2, 0.25) is 0 Å². The van der Waals surface area contributed by atoms with Crippen LogP contribution in [0.5, 0.6) is 0 Å². The standard InChI is InChI=1S/C47H57FN8O4/c1-28(2)55-27-49-38-24-37(51-42(41(38)55)50-36-12-8-7-11-35(36)48)29-13-14-34-39(21-29)56(31-22-30(23-31)52-17-9-6-10-18-52)44(58)47(34)15-19-53(20-16-47)43(57)40-32-25-54(26-33(32)40)45(59)60-46(3,4)5/h7-8,11-14,21,24,27-28,30-33,40H,6,9-10,15-20,22-23,25-26H2,1-5H3,(H,50,51)/t30-,31+,32?,33?,40?. The molecule has 6 heterocycles. The van der Waals surface area contributed by atoms with E-state index in [0.29, 0.717) is 62.3 Å². The van der Waals surface area contributed by atoms with E-state index in [1.807, 2.05) is 36.3 Å². The number of benzene rings is 2. The fourth-order valence-electron chi connectivity index (χ4n) is 11.0. The van der Waals surface area contributed by atoms with Crippen molar-refractivity contribution >= 4 is 46.1 Å². The van der Waals surface area contributed by atoms with E-state index >= 15 is 9.18 Å². The first-order chi connectivity index (χ1) is 28.8. The zero-order valence-corrected chi connectivity index (χ0v) is 35.5. The average Bonchev–Trinajstić information content (AvgIpc) is 3.48. The first kappa shape index (κ1) is 39.1. The largest absolute Gasteiger partial charge is 0.444 e. The third-order valence-electron chi connectivity index (χ3n) is 14.4. The number of piperidine rings is 3. The number of halogens is 1. The van der Waals surface area contributed by atoms with Crippen molar-refractivity contribution in [2.45, 2.75) is 109 Å². The smallest absolute Gasteiger partial charge is 0.410 e. The summed E-state index contributed by atoms with van der Waals surface area (Å²) in [5, 5.41) is 3.28. The van der Waals surface area contributed by atoms with Crippen molar-refractivity contribution in [3.63, 3.8) is 0 Å². The molecule has 3 saturated heterocycles. The first-order valence-electron chi connectivity index (χ1n) is 22.2. The van der Waals surface area contributed by atoms with Crippen molar-refractivity contribution in [3.8, 4) is 11.3 Å².